The number of hydrogen-bond acceptors (Lipinski definition) is 3. The van der Waals surface area contributed by atoms with Crippen molar-refractivity contribution in [2.45, 2.75) is 25.8 Å². The fourth-order valence-electron chi connectivity index (χ4n) is 2.01. The Kier molecular flexibility index (Phi) is 3.41. The van der Waals surface area contributed by atoms with Crippen LogP contribution in [0.15, 0.2) is 24.3 Å². The minimum absolute atomic E-state index is 0.0418. The largest absolute Gasteiger partial charge is 0.478 e. The number of piperidine rings is 1. The molecule has 0 spiro atoms. The zero-order valence-electron chi connectivity index (χ0n) is 9.76. The number of carboxylic acid groups (broad SMARTS) is 1. The summed E-state index contributed by atoms with van der Waals surface area (Å²) in [7, 11) is 0. The number of amides is 2. The van der Waals surface area contributed by atoms with E-state index in [9.17, 15) is 14.4 Å². The lowest BCUT2D eigenvalue weighted by Gasteiger charge is -2.25. The summed E-state index contributed by atoms with van der Waals surface area (Å²) in [4.78, 5) is 35.5. The molecule has 2 rings (SSSR count). The van der Waals surface area contributed by atoms with Gasteiger partial charge >= 0.3 is 5.97 Å². The van der Waals surface area contributed by atoms with E-state index in [1.165, 1.54) is 6.07 Å². The summed E-state index contributed by atoms with van der Waals surface area (Å²) in [5.74, 6) is -1.51. The third kappa shape index (κ3) is 2.40. The molecule has 0 aromatic heterocycles. The third-order valence-electron chi connectivity index (χ3n) is 2.96. The highest BCUT2D eigenvalue weighted by molar-refractivity contribution is 5.98. The summed E-state index contributed by atoms with van der Waals surface area (Å²) in [5, 5.41) is 9.04. The van der Waals surface area contributed by atoms with Gasteiger partial charge in [-0.3, -0.25) is 14.5 Å². The maximum atomic E-state index is 11.6. The molecule has 0 aliphatic carbocycles. The van der Waals surface area contributed by atoms with Gasteiger partial charge in [-0.25, -0.2) is 4.79 Å². The molecule has 0 saturated carbocycles. The molecule has 1 aliphatic heterocycles. The van der Waals surface area contributed by atoms with Gasteiger partial charge in [0.15, 0.2) is 0 Å². The Balaban J connectivity index is 2.25. The second-order valence-electron chi connectivity index (χ2n) is 4.19. The van der Waals surface area contributed by atoms with Crippen molar-refractivity contribution in [1.82, 2.24) is 4.90 Å². The number of likely N-dealkylation sites (tertiary alicyclic amines) is 1. The molecule has 0 radical (unpaired) electrons. The summed E-state index contributed by atoms with van der Waals surface area (Å²) < 4.78 is 0. The Morgan fingerprint density at radius 1 is 1.17 bits per heavy atom. The highest BCUT2D eigenvalue weighted by atomic mass is 16.4. The SMILES string of the molecule is O=C(O)c1ccccc1CN1C(=O)CCCC1=O. The number of carboxylic acids is 1. The molecule has 2 amide bonds. The van der Waals surface area contributed by atoms with Gasteiger partial charge in [-0.05, 0) is 18.1 Å². The van der Waals surface area contributed by atoms with Gasteiger partial charge in [0.05, 0.1) is 12.1 Å². The summed E-state index contributed by atoms with van der Waals surface area (Å²) in [6.07, 6.45) is 1.27. The molecular formula is C13H13NO4. The van der Waals surface area contributed by atoms with Crippen molar-refractivity contribution in [3.63, 3.8) is 0 Å². The van der Waals surface area contributed by atoms with Gasteiger partial charge in [0.2, 0.25) is 11.8 Å². The van der Waals surface area contributed by atoms with E-state index >= 15 is 0 Å². The predicted molar refractivity (Wildman–Crippen MR) is 62.8 cm³/mol. The lowest BCUT2D eigenvalue weighted by atomic mass is 10.0. The van der Waals surface area contributed by atoms with Crippen LogP contribution in [0.5, 0.6) is 0 Å². The molecule has 1 aliphatic rings. The van der Waals surface area contributed by atoms with Crippen molar-refractivity contribution in [2.24, 2.45) is 0 Å². The highest BCUT2D eigenvalue weighted by Crippen LogP contribution is 2.18. The maximum Gasteiger partial charge on any atom is 0.336 e. The number of imide groups is 1. The smallest absolute Gasteiger partial charge is 0.336 e. The van der Waals surface area contributed by atoms with Crippen LogP contribution >= 0.6 is 0 Å². The molecule has 0 bridgehead atoms. The first-order valence-electron chi connectivity index (χ1n) is 5.74. The van der Waals surface area contributed by atoms with E-state index in [2.05, 4.69) is 0 Å². The highest BCUT2D eigenvalue weighted by Gasteiger charge is 2.26. The van der Waals surface area contributed by atoms with E-state index in [1.54, 1.807) is 18.2 Å². The van der Waals surface area contributed by atoms with E-state index < -0.39 is 5.97 Å². The number of aromatic carboxylic acids is 1. The second-order valence-corrected chi connectivity index (χ2v) is 4.19. The van der Waals surface area contributed by atoms with E-state index in [-0.39, 0.29) is 23.9 Å². The zero-order chi connectivity index (χ0) is 13.1. The molecule has 1 aromatic rings. The van der Waals surface area contributed by atoms with Crippen LogP contribution in [0.25, 0.3) is 0 Å². The first-order chi connectivity index (χ1) is 8.59. The van der Waals surface area contributed by atoms with Gasteiger partial charge in [-0.15, -0.1) is 0 Å². The monoisotopic (exact) mass is 247 g/mol. The first-order valence-corrected chi connectivity index (χ1v) is 5.74. The lowest BCUT2D eigenvalue weighted by molar-refractivity contribution is -0.148. The summed E-state index contributed by atoms with van der Waals surface area (Å²) in [5.41, 5.74) is 0.609. The van der Waals surface area contributed by atoms with Crippen LogP contribution in [0.4, 0.5) is 0 Å². The predicted octanol–water partition coefficient (Wildman–Crippen LogP) is 1.42. The average molecular weight is 247 g/mol. The fraction of sp³-hybridized carbons (Fsp3) is 0.308. The van der Waals surface area contributed by atoms with Gasteiger partial charge in [-0.1, -0.05) is 18.2 Å². The van der Waals surface area contributed by atoms with Crippen LogP contribution < -0.4 is 0 Å². The van der Waals surface area contributed by atoms with E-state index in [0.717, 1.165) is 4.90 Å². The van der Waals surface area contributed by atoms with Crippen molar-refractivity contribution in [2.75, 3.05) is 0 Å². The molecule has 1 saturated heterocycles. The van der Waals surface area contributed by atoms with Crippen LogP contribution in [0.1, 0.15) is 35.2 Å². The minimum atomic E-state index is -1.05. The van der Waals surface area contributed by atoms with Crippen LogP contribution in [0.2, 0.25) is 0 Å². The summed E-state index contributed by atoms with van der Waals surface area (Å²) in [6.45, 7) is 0.0418. The van der Waals surface area contributed by atoms with Gasteiger partial charge in [0.1, 0.15) is 0 Å². The second kappa shape index (κ2) is 5.00. The zero-order valence-corrected chi connectivity index (χ0v) is 9.76. The Hall–Kier alpha value is -2.17. The number of rotatable bonds is 3. The molecule has 0 atom stereocenters. The van der Waals surface area contributed by atoms with Gasteiger partial charge in [0.25, 0.3) is 0 Å². The summed E-state index contributed by atoms with van der Waals surface area (Å²) >= 11 is 0. The van der Waals surface area contributed by atoms with Gasteiger partial charge in [0, 0.05) is 12.8 Å². The molecule has 5 heteroatoms. The lowest BCUT2D eigenvalue weighted by Crippen LogP contribution is -2.39. The Morgan fingerprint density at radius 2 is 1.78 bits per heavy atom. The average Bonchev–Trinajstić information content (AvgIpc) is 2.34. The van der Waals surface area contributed by atoms with Crippen molar-refractivity contribution in [1.29, 1.82) is 0 Å². The van der Waals surface area contributed by atoms with E-state index in [4.69, 9.17) is 5.11 Å². The molecule has 0 unspecified atom stereocenters. The molecule has 94 valence electrons. The molecular weight excluding hydrogens is 234 g/mol. The van der Waals surface area contributed by atoms with E-state index in [0.29, 0.717) is 24.8 Å². The molecule has 1 N–H and O–H groups in total. The van der Waals surface area contributed by atoms with Crippen molar-refractivity contribution < 1.29 is 19.5 Å². The Bertz CT molecular complexity index is 493. The Labute approximate surface area is 104 Å². The van der Waals surface area contributed by atoms with Crippen molar-refractivity contribution in [3.05, 3.63) is 35.4 Å². The van der Waals surface area contributed by atoms with Crippen LogP contribution in [0.3, 0.4) is 0 Å². The first kappa shape index (κ1) is 12.3. The molecule has 1 heterocycles. The Morgan fingerprint density at radius 3 is 2.39 bits per heavy atom. The van der Waals surface area contributed by atoms with Crippen LogP contribution in [-0.2, 0) is 16.1 Å². The topological polar surface area (TPSA) is 74.7 Å². The number of carbonyl (C=O) groups excluding carboxylic acids is 2. The number of carbonyl (C=O) groups is 3. The molecule has 5 nitrogen and oxygen atoms in total. The molecule has 1 fully saturated rings. The van der Waals surface area contributed by atoms with Crippen molar-refractivity contribution >= 4 is 17.8 Å². The van der Waals surface area contributed by atoms with Crippen molar-refractivity contribution in [3.8, 4) is 0 Å². The number of hydrogen-bond donors (Lipinski definition) is 1. The molecule has 18 heavy (non-hydrogen) atoms. The number of benzene rings is 1. The minimum Gasteiger partial charge on any atom is -0.478 e. The third-order valence-corrected chi connectivity index (χ3v) is 2.96. The fourth-order valence-corrected chi connectivity index (χ4v) is 2.01. The summed E-state index contributed by atoms with van der Waals surface area (Å²) in [6, 6.07) is 6.41. The standard InChI is InChI=1S/C13H13NO4/c15-11-6-3-7-12(16)14(11)8-9-4-1-2-5-10(9)13(17)18/h1-2,4-5H,3,6-8H2,(H,17,18). The molecule has 1 aromatic carbocycles. The van der Waals surface area contributed by atoms with Gasteiger partial charge in [-0.2, -0.15) is 0 Å². The van der Waals surface area contributed by atoms with Crippen LogP contribution in [-0.4, -0.2) is 27.8 Å². The normalized spacial score (nSPS) is 15.9. The van der Waals surface area contributed by atoms with Crippen LogP contribution in [0, 0.1) is 0 Å². The van der Waals surface area contributed by atoms with E-state index in [1.807, 2.05) is 0 Å². The number of nitrogens with zero attached hydrogens (tertiary/aromatic N) is 1. The van der Waals surface area contributed by atoms with Gasteiger partial charge < -0.3 is 5.11 Å². The maximum absolute atomic E-state index is 11.6. The quantitative estimate of drug-likeness (QED) is 0.820.